The van der Waals surface area contributed by atoms with E-state index in [1.807, 2.05) is 0 Å². The molecule has 0 radical (unpaired) electrons. The Morgan fingerprint density at radius 2 is 1.94 bits per heavy atom. The van der Waals surface area contributed by atoms with Gasteiger partial charge in [-0.2, -0.15) is 0 Å². The molecule has 0 aliphatic carbocycles. The Morgan fingerprint density at radius 3 is 2.61 bits per heavy atom. The number of anilines is 1. The third kappa shape index (κ3) is 2.10. The molecule has 0 saturated heterocycles. The normalized spacial score (nSPS) is 12.1. The van der Waals surface area contributed by atoms with Gasteiger partial charge in [0.1, 0.15) is 0 Å². The van der Waals surface area contributed by atoms with Gasteiger partial charge in [-0.1, -0.05) is 18.2 Å². The van der Waals surface area contributed by atoms with Gasteiger partial charge < -0.3 is 15.2 Å². The minimum absolute atomic E-state index is 0.0683. The topological polar surface area (TPSA) is 34.2 Å². The van der Waals surface area contributed by atoms with Crippen LogP contribution in [0.3, 0.4) is 0 Å². The van der Waals surface area contributed by atoms with Crippen LogP contribution < -0.4 is 10.6 Å². The van der Waals surface area contributed by atoms with Gasteiger partial charge in [0.2, 0.25) is 0 Å². The Kier molecular flexibility index (Phi) is 3.35. The lowest BCUT2D eigenvalue weighted by atomic mass is 9.98. The van der Waals surface area contributed by atoms with Crippen molar-refractivity contribution >= 4 is 16.6 Å². The highest BCUT2D eigenvalue weighted by Crippen LogP contribution is 2.32. The molecule has 3 heteroatoms. The molecule has 0 fully saturated rings. The van der Waals surface area contributed by atoms with E-state index in [-0.39, 0.29) is 5.54 Å². The van der Waals surface area contributed by atoms with Crippen molar-refractivity contribution in [1.29, 1.82) is 0 Å². The zero-order valence-corrected chi connectivity index (χ0v) is 11.8. The minimum atomic E-state index is 0.0683. The summed E-state index contributed by atoms with van der Waals surface area (Å²) in [6.45, 7) is 5.19. The summed E-state index contributed by atoms with van der Waals surface area (Å²) in [7, 11) is 4.24. The maximum atomic E-state index is 5.72. The Labute approximate surface area is 109 Å². The molecule has 2 aromatic rings. The summed E-state index contributed by atoms with van der Waals surface area (Å²) in [6.07, 6.45) is 3.18. The number of fused-ring (bicyclic) bond motifs is 1. The second-order valence-corrected chi connectivity index (χ2v) is 5.55. The maximum Gasteiger partial charge on any atom is 0.0627 e. The van der Waals surface area contributed by atoms with Gasteiger partial charge in [0.05, 0.1) is 5.69 Å². The van der Waals surface area contributed by atoms with Crippen molar-refractivity contribution in [2.75, 3.05) is 18.5 Å². The third-order valence-corrected chi connectivity index (χ3v) is 3.90. The summed E-state index contributed by atoms with van der Waals surface area (Å²) in [4.78, 5) is 2.34. The number of aromatic nitrogens is 1. The molecule has 0 atom stereocenters. The first kappa shape index (κ1) is 13.0. The van der Waals surface area contributed by atoms with Crippen LogP contribution in [0.1, 0.15) is 20.3 Å². The van der Waals surface area contributed by atoms with Crippen molar-refractivity contribution in [2.24, 2.45) is 12.8 Å². The molecule has 1 heterocycles. The quantitative estimate of drug-likeness (QED) is 0.898. The van der Waals surface area contributed by atoms with Crippen LogP contribution in [0.2, 0.25) is 0 Å². The van der Waals surface area contributed by atoms with E-state index in [1.165, 1.54) is 16.6 Å². The van der Waals surface area contributed by atoms with Gasteiger partial charge in [-0.3, -0.25) is 0 Å². The predicted octanol–water partition coefficient (Wildman–Crippen LogP) is 2.74. The highest BCUT2D eigenvalue weighted by Gasteiger charge is 2.25. The number of nitrogens with two attached hydrogens (primary N) is 1. The fourth-order valence-electron chi connectivity index (χ4n) is 2.43. The zero-order chi connectivity index (χ0) is 13.3. The first-order chi connectivity index (χ1) is 8.47. The van der Waals surface area contributed by atoms with E-state index in [0.717, 1.165) is 6.42 Å². The number of hydrogen-bond donors (Lipinski definition) is 1. The van der Waals surface area contributed by atoms with Crippen molar-refractivity contribution in [2.45, 2.75) is 25.8 Å². The van der Waals surface area contributed by atoms with E-state index in [0.29, 0.717) is 6.54 Å². The van der Waals surface area contributed by atoms with E-state index in [2.05, 4.69) is 67.9 Å². The van der Waals surface area contributed by atoms with Crippen molar-refractivity contribution < 1.29 is 0 Å². The predicted molar refractivity (Wildman–Crippen MR) is 79.1 cm³/mol. The summed E-state index contributed by atoms with van der Waals surface area (Å²) in [5.74, 6) is 0. The Balaban J connectivity index is 2.48. The summed E-state index contributed by atoms with van der Waals surface area (Å²) in [5, 5.41) is 1.30. The van der Waals surface area contributed by atoms with E-state index in [9.17, 15) is 0 Å². The first-order valence-corrected chi connectivity index (χ1v) is 6.45. The second-order valence-electron chi connectivity index (χ2n) is 5.55. The third-order valence-electron chi connectivity index (χ3n) is 3.90. The molecule has 2 N–H and O–H groups in total. The number of rotatable bonds is 4. The molecular weight excluding hydrogens is 222 g/mol. The molecule has 0 saturated carbocycles. The maximum absolute atomic E-state index is 5.72. The molecule has 1 aromatic heterocycles. The summed E-state index contributed by atoms with van der Waals surface area (Å²) in [6, 6.07) is 8.51. The number of nitrogens with zero attached hydrogens (tertiary/aromatic N) is 2. The Hall–Kier alpha value is -1.48. The fourth-order valence-corrected chi connectivity index (χ4v) is 2.43. The van der Waals surface area contributed by atoms with Crippen molar-refractivity contribution in [3.8, 4) is 0 Å². The zero-order valence-electron chi connectivity index (χ0n) is 11.8. The van der Waals surface area contributed by atoms with Crippen LogP contribution in [-0.4, -0.2) is 23.7 Å². The van der Waals surface area contributed by atoms with E-state index < -0.39 is 0 Å². The van der Waals surface area contributed by atoms with Crippen LogP contribution >= 0.6 is 0 Å². The van der Waals surface area contributed by atoms with Gasteiger partial charge in [0.15, 0.2) is 0 Å². The van der Waals surface area contributed by atoms with Gasteiger partial charge in [-0.05, 0) is 32.9 Å². The second kappa shape index (κ2) is 4.65. The molecular formula is C15H23N3. The van der Waals surface area contributed by atoms with Crippen LogP contribution in [0, 0.1) is 0 Å². The molecule has 3 nitrogen and oxygen atoms in total. The fraction of sp³-hybridized carbons (Fsp3) is 0.467. The molecule has 1 aromatic carbocycles. The summed E-state index contributed by atoms with van der Waals surface area (Å²) >= 11 is 0. The molecule has 0 unspecified atom stereocenters. The average Bonchev–Trinajstić information content (AvgIpc) is 2.66. The molecule has 0 aliphatic rings. The summed E-state index contributed by atoms with van der Waals surface area (Å²) in [5.41, 5.74) is 8.32. The molecule has 98 valence electrons. The Morgan fingerprint density at radius 1 is 1.28 bits per heavy atom. The van der Waals surface area contributed by atoms with E-state index in [1.54, 1.807) is 0 Å². The molecule has 0 aliphatic heterocycles. The number of benzene rings is 1. The van der Waals surface area contributed by atoms with Gasteiger partial charge in [0.25, 0.3) is 0 Å². The molecule has 0 bridgehead atoms. The van der Waals surface area contributed by atoms with Gasteiger partial charge in [-0.15, -0.1) is 0 Å². The van der Waals surface area contributed by atoms with Crippen molar-refractivity contribution in [3.63, 3.8) is 0 Å². The van der Waals surface area contributed by atoms with E-state index >= 15 is 0 Å². The lowest BCUT2D eigenvalue weighted by Gasteiger charge is -2.37. The number of hydrogen-bond acceptors (Lipinski definition) is 2. The van der Waals surface area contributed by atoms with Gasteiger partial charge in [-0.25, -0.2) is 0 Å². The highest BCUT2D eigenvalue weighted by atomic mass is 15.2. The number of para-hydroxylation sites is 1. The average molecular weight is 245 g/mol. The van der Waals surface area contributed by atoms with E-state index in [4.69, 9.17) is 5.73 Å². The van der Waals surface area contributed by atoms with Crippen LogP contribution in [0.5, 0.6) is 0 Å². The Bertz CT molecular complexity index is 540. The van der Waals surface area contributed by atoms with Crippen LogP contribution in [-0.2, 0) is 7.05 Å². The highest BCUT2D eigenvalue weighted by molar-refractivity contribution is 5.93. The minimum Gasteiger partial charge on any atom is -0.368 e. The monoisotopic (exact) mass is 245 g/mol. The molecule has 18 heavy (non-hydrogen) atoms. The smallest absolute Gasteiger partial charge is 0.0627 e. The van der Waals surface area contributed by atoms with Crippen molar-refractivity contribution in [3.05, 3.63) is 30.5 Å². The summed E-state index contributed by atoms with van der Waals surface area (Å²) < 4.78 is 2.18. The molecule has 2 rings (SSSR count). The van der Waals surface area contributed by atoms with Crippen molar-refractivity contribution in [1.82, 2.24) is 4.57 Å². The van der Waals surface area contributed by atoms with Gasteiger partial charge >= 0.3 is 0 Å². The largest absolute Gasteiger partial charge is 0.368 e. The lowest BCUT2D eigenvalue weighted by Crippen LogP contribution is -2.42. The lowest BCUT2D eigenvalue weighted by molar-refractivity contribution is 0.457. The molecule has 0 amide bonds. The van der Waals surface area contributed by atoms with Gasteiger partial charge in [0, 0.05) is 36.7 Å². The SMILES string of the molecule is CN(c1cn(C)c2ccccc12)C(C)(C)CCN. The van der Waals surface area contributed by atoms with Crippen LogP contribution in [0.15, 0.2) is 30.5 Å². The first-order valence-electron chi connectivity index (χ1n) is 6.45. The molecule has 0 spiro atoms. The standard InChI is InChI=1S/C15H23N3/c1-15(2,9-10-16)18(4)14-11-17(3)13-8-6-5-7-12(13)14/h5-8,11H,9-10,16H2,1-4H3. The van der Waals surface area contributed by atoms with Crippen LogP contribution in [0.4, 0.5) is 5.69 Å². The van der Waals surface area contributed by atoms with Crippen LogP contribution in [0.25, 0.3) is 10.9 Å². The number of aryl methyl sites for hydroxylation is 1.